The van der Waals surface area contributed by atoms with Crippen LogP contribution in [0.1, 0.15) is 0 Å². The maximum atomic E-state index is 8.94. The van der Waals surface area contributed by atoms with E-state index >= 15 is 0 Å². The monoisotopic (exact) mass is 256 g/mol. The van der Waals surface area contributed by atoms with Gasteiger partial charge in [-0.25, -0.2) is 0 Å². The Balaban J connectivity index is 2.34. The van der Waals surface area contributed by atoms with Crippen LogP contribution in [0, 0.1) is 0 Å². The summed E-state index contributed by atoms with van der Waals surface area (Å²) >= 11 is 3.51. The fourth-order valence-corrected chi connectivity index (χ4v) is 2.24. The number of hydrogen-bond donors (Lipinski definition) is 2. The van der Waals surface area contributed by atoms with Crippen LogP contribution >= 0.6 is 15.9 Å². The second-order valence-corrected chi connectivity index (χ2v) is 4.13. The molecule has 2 rings (SSSR count). The Morgan fingerprint density at radius 3 is 3.14 bits per heavy atom. The van der Waals surface area contributed by atoms with Crippen molar-refractivity contribution in [1.82, 2.24) is 0 Å². The third-order valence-electron chi connectivity index (χ3n) is 2.39. The molecule has 76 valence electrons. The van der Waals surface area contributed by atoms with Crippen LogP contribution in [0.3, 0.4) is 0 Å². The van der Waals surface area contributed by atoms with Crippen molar-refractivity contribution in [1.29, 1.82) is 0 Å². The zero-order chi connectivity index (χ0) is 9.97. The van der Waals surface area contributed by atoms with E-state index in [-0.39, 0.29) is 6.61 Å². The fourth-order valence-electron chi connectivity index (χ4n) is 1.74. The van der Waals surface area contributed by atoms with E-state index < -0.39 is 0 Å². The van der Waals surface area contributed by atoms with Crippen LogP contribution in [-0.2, 0) is 0 Å². The van der Waals surface area contributed by atoms with Crippen LogP contribution in [0.15, 0.2) is 22.7 Å². The Labute approximate surface area is 91.9 Å². The van der Waals surface area contributed by atoms with Crippen molar-refractivity contribution >= 4 is 27.3 Å². The van der Waals surface area contributed by atoms with Crippen LogP contribution < -0.4 is 10.2 Å². The molecule has 3 nitrogen and oxygen atoms in total. The number of nitrogens with zero attached hydrogens (tertiary/aromatic N) is 1. The van der Waals surface area contributed by atoms with E-state index in [1.54, 1.807) is 0 Å². The first-order chi connectivity index (χ1) is 6.83. The maximum Gasteiger partial charge on any atom is 0.0723 e. The highest BCUT2D eigenvalue weighted by Crippen LogP contribution is 2.34. The van der Waals surface area contributed by atoms with E-state index in [9.17, 15) is 0 Å². The molecule has 0 aliphatic carbocycles. The van der Waals surface area contributed by atoms with Gasteiger partial charge in [0.05, 0.1) is 18.0 Å². The number of rotatable bonds is 2. The van der Waals surface area contributed by atoms with Gasteiger partial charge in [0.25, 0.3) is 0 Å². The van der Waals surface area contributed by atoms with Gasteiger partial charge in [-0.3, -0.25) is 0 Å². The maximum absolute atomic E-state index is 8.94. The zero-order valence-electron chi connectivity index (χ0n) is 7.83. The minimum absolute atomic E-state index is 0.200. The Morgan fingerprint density at radius 1 is 1.50 bits per heavy atom. The van der Waals surface area contributed by atoms with Gasteiger partial charge >= 0.3 is 0 Å². The molecular weight excluding hydrogens is 244 g/mol. The molecule has 1 aromatic carbocycles. The molecule has 0 radical (unpaired) electrons. The molecular formula is C10H13BrN2O. The van der Waals surface area contributed by atoms with Crippen LogP contribution in [0.4, 0.5) is 11.4 Å². The summed E-state index contributed by atoms with van der Waals surface area (Å²) in [6.45, 7) is 2.77. The zero-order valence-corrected chi connectivity index (χ0v) is 9.42. The van der Waals surface area contributed by atoms with Gasteiger partial charge in [-0.15, -0.1) is 0 Å². The van der Waals surface area contributed by atoms with E-state index in [1.807, 2.05) is 12.1 Å². The predicted molar refractivity (Wildman–Crippen MR) is 61.9 cm³/mol. The number of halogens is 1. The normalized spacial score (nSPS) is 14.9. The summed E-state index contributed by atoms with van der Waals surface area (Å²) < 4.78 is 1.08. The van der Waals surface area contributed by atoms with Crippen molar-refractivity contribution in [2.75, 3.05) is 36.5 Å². The number of β-amino-alcohol motifs (C(OH)–C–C–N with tert-alkyl or cyclic N) is 1. The highest BCUT2D eigenvalue weighted by molar-refractivity contribution is 9.10. The standard InChI is InChI=1S/C10H13BrN2O/c11-8-2-1-3-9-10(8)12-4-5-13(9)6-7-14/h1-3,12,14H,4-7H2. The van der Waals surface area contributed by atoms with Gasteiger partial charge in [-0.2, -0.15) is 0 Å². The summed E-state index contributed by atoms with van der Waals surface area (Å²) in [4.78, 5) is 2.19. The number of hydrogen-bond acceptors (Lipinski definition) is 3. The smallest absolute Gasteiger partial charge is 0.0723 e. The summed E-state index contributed by atoms with van der Waals surface area (Å²) in [5.41, 5.74) is 2.30. The summed E-state index contributed by atoms with van der Waals surface area (Å²) in [7, 11) is 0. The number of aliphatic hydroxyl groups excluding tert-OH is 1. The molecule has 0 aromatic heterocycles. The van der Waals surface area contributed by atoms with Gasteiger partial charge in [0.1, 0.15) is 0 Å². The van der Waals surface area contributed by atoms with E-state index in [0.717, 1.165) is 23.2 Å². The van der Waals surface area contributed by atoms with Crippen LogP contribution in [0.25, 0.3) is 0 Å². The summed E-state index contributed by atoms with van der Waals surface area (Å²) in [5.74, 6) is 0. The predicted octanol–water partition coefficient (Wildman–Crippen LogP) is 1.67. The number of benzene rings is 1. The molecule has 0 bridgehead atoms. The molecule has 0 fully saturated rings. The van der Waals surface area contributed by atoms with Crippen molar-refractivity contribution in [3.63, 3.8) is 0 Å². The van der Waals surface area contributed by atoms with Crippen molar-refractivity contribution < 1.29 is 5.11 Å². The average Bonchev–Trinajstić information content (AvgIpc) is 2.20. The van der Waals surface area contributed by atoms with Gasteiger partial charge in [0, 0.05) is 24.1 Å². The van der Waals surface area contributed by atoms with E-state index in [2.05, 4.69) is 32.2 Å². The topological polar surface area (TPSA) is 35.5 Å². The van der Waals surface area contributed by atoms with Crippen molar-refractivity contribution in [3.05, 3.63) is 22.7 Å². The highest BCUT2D eigenvalue weighted by Gasteiger charge is 2.17. The molecule has 0 amide bonds. The van der Waals surface area contributed by atoms with Gasteiger partial charge in [-0.1, -0.05) is 6.07 Å². The number of nitrogens with one attached hydrogen (secondary N) is 1. The second kappa shape index (κ2) is 4.19. The summed E-state index contributed by atoms with van der Waals surface area (Å²) in [5, 5.41) is 12.3. The SMILES string of the molecule is OCCN1CCNc2c(Br)cccc21. The minimum atomic E-state index is 0.200. The number of anilines is 2. The molecule has 1 heterocycles. The first kappa shape index (κ1) is 9.80. The first-order valence-electron chi connectivity index (χ1n) is 4.71. The Hall–Kier alpha value is -0.740. The Kier molecular flexibility index (Phi) is 2.93. The lowest BCUT2D eigenvalue weighted by atomic mass is 10.2. The molecule has 0 atom stereocenters. The molecule has 1 aliphatic rings. The molecule has 1 aromatic rings. The minimum Gasteiger partial charge on any atom is -0.395 e. The summed E-state index contributed by atoms with van der Waals surface area (Å²) in [6, 6.07) is 6.11. The first-order valence-corrected chi connectivity index (χ1v) is 5.50. The Morgan fingerprint density at radius 2 is 2.36 bits per heavy atom. The van der Waals surface area contributed by atoms with Gasteiger partial charge < -0.3 is 15.3 Å². The van der Waals surface area contributed by atoms with Crippen molar-refractivity contribution in [2.24, 2.45) is 0 Å². The molecule has 14 heavy (non-hydrogen) atoms. The van der Waals surface area contributed by atoms with Gasteiger partial charge in [-0.05, 0) is 28.1 Å². The van der Waals surface area contributed by atoms with Gasteiger partial charge in [0.2, 0.25) is 0 Å². The van der Waals surface area contributed by atoms with Crippen LogP contribution in [0.5, 0.6) is 0 Å². The third kappa shape index (κ3) is 1.72. The quantitative estimate of drug-likeness (QED) is 0.846. The molecule has 2 N–H and O–H groups in total. The molecule has 0 spiro atoms. The number of para-hydroxylation sites is 1. The van der Waals surface area contributed by atoms with E-state index in [4.69, 9.17) is 5.11 Å². The van der Waals surface area contributed by atoms with Crippen LogP contribution in [-0.4, -0.2) is 31.3 Å². The number of fused-ring (bicyclic) bond motifs is 1. The van der Waals surface area contributed by atoms with Crippen LogP contribution in [0.2, 0.25) is 0 Å². The lowest BCUT2D eigenvalue weighted by molar-refractivity contribution is 0.302. The molecule has 1 aliphatic heterocycles. The van der Waals surface area contributed by atoms with Crippen molar-refractivity contribution in [3.8, 4) is 0 Å². The lowest BCUT2D eigenvalue weighted by Gasteiger charge is -2.32. The molecule has 4 heteroatoms. The van der Waals surface area contributed by atoms with E-state index in [1.165, 1.54) is 5.69 Å². The van der Waals surface area contributed by atoms with E-state index in [0.29, 0.717) is 6.54 Å². The highest BCUT2D eigenvalue weighted by atomic mass is 79.9. The second-order valence-electron chi connectivity index (χ2n) is 3.27. The number of aliphatic hydroxyl groups is 1. The Bertz CT molecular complexity index is 330. The molecule has 0 saturated heterocycles. The summed E-state index contributed by atoms with van der Waals surface area (Å²) in [6.07, 6.45) is 0. The lowest BCUT2D eigenvalue weighted by Crippen LogP contribution is -2.36. The average molecular weight is 257 g/mol. The largest absolute Gasteiger partial charge is 0.395 e. The van der Waals surface area contributed by atoms with Gasteiger partial charge in [0.15, 0.2) is 0 Å². The third-order valence-corrected chi connectivity index (χ3v) is 3.05. The molecule has 0 saturated carbocycles. The van der Waals surface area contributed by atoms with Crippen molar-refractivity contribution in [2.45, 2.75) is 0 Å². The molecule has 0 unspecified atom stereocenters. The fraction of sp³-hybridized carbons (Fsp3) is 0.400.